The van der Waals surface area contributed by atoms with Gasteiger partial charge in [-0.3, -0.25) is 0 Å². The first-order valence-electron chi connectivity index (χ1n) is 6.83. The predicted octanol–water partition coefficient (Wildman–Crippen LogP) is -4.98. The summed E-state index contributed by atoms with van der Waals surface area (Å²) in [5.41, 5.74) is 1.46. The second kappa shape index (κ2) is 14.1. The molecule has 0 bridgehead atoms. The minimum atomic E-state index is -0.266. The van der Waals surface area contributed by atoms with Gasteiger partial charge in [0.2, 0.25) is 5.69 Å². The van der Waals surface area contributed by atoms with Crippen molar-refractivity contribution in [3.63, 3.8) is 0 Å². The van der Waals surface area contributed by atoms with Gasteiger partial charge in [-0.15, -0.1) is 0 Å². The molecule has 24 heavy (non-hydrogen) atoms. The molecular formula is C16H21I2N3O3. The lowest BCUT2D eigenvalue weighted by Crippen LogP contribution is -3.00. The van der Waals surface area contributed by atoms with Crippen LogP contribution in [0, 0.1) is 0 Å². The number of ether oxygens (including phenoxy) is 1. The fourth-order valence-corrected chi connectivity index (χ4v) is 1.58. The van der Waals surface area contributed by atoms with Gasteiger partial charge in [-0.2, -0.15) is 0 Å². The van der Waals surface area contributed by atoms with E-state index in [1.807, 2.05) is 60.0 Å². The Morgan fingerprint density at radius 2 is 1.79 bits per heavy atom. The predicted molar refractivity (Wildman–Crippen MR) is 80.6 cm³/mol. The number of aryl methyl sites for hydroxylation is 2. The molecule has 8 heteroatoms. The average molecular weight is 557 g/mol. The molecule has 0 fully saturated rings. The number of rotatable bonds is 3. The minimum absolute atomic E-state index is 0. The van der Waals surface area contributed by atoms with Crippen molar-refractivity contribution in [3.05, 3.63) is 60.2 Å². The number of pyridine rings is 2. The van der Waals surface area contributed by atoms with Crippen molar-refractivity contribution < 1.29 is 71.8 Å². The van der Waals surface area contributed by atoms with Crippen molar-refractivity contribution in [2.75, 3.05) is 6.61 Å². The number of carbonyl (C=O) groups is 1. The summed E-state index contributed by atoms with van der Waals surface area (Å²) >= 11 is 0. The first-order valence-corrected chi connectivity index (χ1v) is 6.83. The van der Waals surface area contributed by atoms with E-state index in [1.165, 1.54) is 6.21 Å². The lowest BCUT2D eigenvalue weighted by Gasteiger charge is -1.98. The third kappa shape index (κ3) is 9.11. The molecular weight excluding hydrogens is 536 g/mol. The molecule has 0 aliphatic carbocycles. The Morgan fingerprint density at radius 1 is 1.17 bits per heavy atom. The maximum Gasteiger partial charge on any atom is 0.338 e. The molecule has 0 saturated heterocycles. The smallest absolute Gasteiger partial charge is 0.338 e. The second-order valence-corrected chi connectivity index (χ2v) is 4.45. The van der Waals surface area contributed by atoms with Crippen LogP contribution in [0.3, 0.4) is 0 Å². The van der Waals surface area contributed by atoms with Crippen LogP contribution < -0.4 is 57.1 Å². The van der Waals surface area contributed by atoms with Gasteiger partial charge in [0.05, 0.1) is 12.2 Å². The molecule has 0 aliphatic rings. The first-order chi connectivity index (χ1) is 10.6. The average Bonchev–Trinajstić information content (AvgIpc) is 2.51. The zero-order valence-corrected chi connectivity index (χ0v) is 18.1. The lowest BCUT2D eigenvalue weighted by atomic mass is 10.3. The van der Waals surface area contributed by atoms with Crippen molar-refractivity contribution in [3.8, 4) is 0 Å². The number of hydrogen-bond acceptors (Lipinski definition) is 4. The third-order valence-electron chi connectivity index (χ3n) is 2.77. The topological polar surface area (TPSA) is 66.7 Å². The summed E-state index contributed by atoms with van der Waals surface area (Å²) in [6.07, 6.45) is 6.90. The van der Waals surface area contributed by atoms with Crippen LogP contribution in [-0.4, -0.2) is 24.0 Å². The highest BCUT2D eigenvalue weighted by Gasteiger charge is 2.06. The van der Waals surface area contributed by atoms with Crippen LogP contribution in [0.5, 0.6) is 0 Å². The Labute approximate surface area is 176 Å². The first kappa shape index (κ1) is 24.9. The molecule has 0 aromatic carbocycles. The molecule has 2 aromatic rings. The van der Waals surface area contributed by atoms with Crippen molar-refractivity contribution in [2.24, 2.45) is 19.3 Å². The Morgan fingerprint density at radius 3 is 2.29 bits per heavy atom. The highest BCUT2D eigenvalue weighted by molar-refractivity contribution is 5.88. The number of oxime groups is 1. The minimum Gasteiger partial charge on any atom is -1.00 e. The van der Waals surface area contributed by atoms with Gasteiger partial charge in [0.15, 0.2) is 18.6 Å². The van der Waals surface area contributed by atoms with Gasteiger partial charge in [-0.1, -0.05) is 5.16 Å². The highest BCUT2D eigenvalue weighted by atomic mass is 127. The third-order valence-corrected chi connectivity index (χ3v) is 2.77. The quantitative estimate of drug-likeness (QED) is 0.103. The van der Waals surface area contributed by atoms with Crippen LogP contribution >= 0.6 is 0 Å². The van der Waals surface area contributed by atoms with E-state index in [0.717, 1.165) is 5.69 Å². The van der Waals surface area contributed by atoms with E-state index in [0.29, 0.717) is 12.2 Å². The summed E-state index contributed by atoms with van der Waals surface area (Å²) in [6.45, 7) is 2.21. The van der Waals surface area contributed by atoms with Crippen molar-refractivity contribution >= 4 is 12.2 Å². The molecule has 132 valence electrons. The largest absolute Gasteiger partial charge is 1.00 e. The van der Waals surface area contributed by atoms with Gasteiger partial charge < -0.3 is 57.9 Å². The molecule has 0 spiro atoms. The molecule has 2 heterocycles. The zero-order valence-electron chi connectivity index (χ0n) is 13.8. The molecule has 0 aliphatic heterocycles. The standard InChI is InChI=1S/C9H12NO2.C7H8N2O.2HI/c1-3-12-9(11)8-4-6-10(2)7-5-8;1-9-5-3-2-4-7(9)6-8-10;;/h4-7H,3H2,1-2H3;2-6H,1H3;2*1H/q+1;;;/p-1. The van der Waals surface area contributed by atoms with Crippen LogP contribution in [0.4, 0.5) is 0 Å². The Kier molecular flexibility index (Phi) is 14.6. The molecule has 2 rings (SSSR count). The van der Waals surface area contributed by atoms with Gasteiger partial charge in [-0.25, -0.2) is 13.9 Å². The van der Waals surface area contributed by atoms with E-state index in [-0.39, 0.29) is 53.9 Å². The lowest BCUT2D eigenvalue weighted by molar-refractivity contribution is -0.672. The van der Waals surface area contributed by atoms with E-state index < -0.39 is 0 Å². The number of esters is 1. The van der Waals surface area contributed by atoms with Crippen molar-refractivity contribution in [2.45, 2.75) is 6.92 Å². The van der Waals surface area contributed by atoms with Crippen LogP contribution in [0.25, 0.3) is 0 Å². The SMILES string of the molecule is CCOC(=O)c1cc[n+](C)cc1.C[n+]1ccccc1C=NO.[I-].[I-]. The Bertz CT molecular complexity index is 635. The molecule has 0 unspecified atom stereocenters. The van der Waals surface area contributed by atoms with Gasteiger partial charge in [0.1, 0.15) is 20.3 Å². The normalized spacial score (nSPS) is 9.12. The van der Waals surface area contributed by atoms with Gasteiger partial charge in [0, 0.05) is 24.3 Å². The van der Waals surface area contributed by atoms with E-state index in [2.05, 4.69) is 5.16 Å². The van der Waals surface area contributed by atoms with E-state index >= 15 is 0 Å². The molecule has 0 amide bonds. The zero-order chi connectivity index (χ0) is 16.4. The summed E-state index contributed by atoms with van der Waals surface area (Å²) in [5.74, 6) is -0.266. The fourth-order valence-electron chi connectivity index (χ4n) is 1.58. The Hall–Kier alpha value is -1.30. The molecule has 1 N–H and O–H groups in total. The van der Waals surface area contributed by atoms with Gasteiger partial charge >= 0.3 is 5.97 Å². The summed E-state index contributed by atoms with van der Waals surface area (Å²) in [5, 5.41) is 11.1. The van der Waals surface area contributed by atoms with E-state index in [4.69, 9.17) is 9.94 Å². The Balaban J connectivity index is 0. The fraction of sp³-hybridized carbons (Fsp3) is 0.250. The van der Waals surface area contributed by atoms with Crippen LogP contribution in [0.15, 0.2) is 54.1 Å². The number of carbonyl (C=O) groups excluding carboxylic acids is 1. The van der Waals surface area contributed by atoms with E-state index in [1.54, 1.807) is 19.1 Å². The van der Waals surface area contributed by atoms with Gasteiger partial charge in [-0.05, 0) is 13.0 Å². The number of halogens is 2. The monoisotopic (exact) mass is 557 g/mol. The molecule has 0 radical (unpaired) electrons. The number of nitrogens with zero attached hydrogens (tertiary/aromatic N) is 3. The molecule has 2 aromatic heterocycles. The number of aromatic nitrogens is 2. The summed E-state index contributed by atoms with van der Waals surface area (Å²) in [4.78, 5) is 11.1. The van der Waals surface area contributed by atoms with Gasteiger partial charge in [0.25, 0.3) is 0 Å². The second-order valence-electron chi connectivity index (χ2n) is 4.45. The maximum atomic E-state index is 11.1. The van der Waals surface area contributed by atoms with Crippen LogP contribution in [0.1, 0.15) is 23.0 Å². The highest BCUT2D eigenvalue weighted by Crippen LogP contribution is 1.97. The van der Waals surface area contributed by atoms with Crippen LogP contribution in [0.2, 0.25) is 0 Å². The summed E-state index contributed by atoms with van der Waals surface area (Å²) in [7, 11) is 3.78. The summed E-state index contributed by atoms with van der Waals surface area (Å²) in [6, 6.07) is 9.13. The van der Waals surface area contributed by atoms with E-state index in [9.17, 15) is 4.79 Å². The maximum absolute atomic E-state index is 11.1. The molecule has 6 nitrogen and oxygen atoms in total. The van der Waals surface area contributed by atoms with Crippen molar-refractivity contribution in [1.82, 2.24) is 0 Å². The summed E-state index contributed by atoms with van der Waals surface area (Å²) < 4.78 is 8.54. The molecule has 0 atom stereocenters. The van der Waals surface area contributed by atoms with Crippen molar-refractivity contribution in [1.29, 1.82) is 0 Å². The number of hydrogen-bond donors (Lipinski definition) is 1. The van der Waals surface area contributed by atoms with Crippen LogP contribution in [-0.2, 0) is 18.8 Å². The molecule has 0 saturated carbocycles.